The number of benzene rings is 2. The van der Waals surface area contributed by atoms with E-state index in [2.05, 4.69) is 10.5 Å². The number of nitrogens with zero attached hydrogens (tertiary/aromatic N) is 4. The standard InChI is InChI=1S/C36H39N5O8/c1-21-17-28(38-49-21)32(43)37-14-16-48-30-12-6-7-22-13-15-40(34(45)25-9-3-2-8-24(25)33(44)39-18-23(42)19-39)29(31(22)30)20-41-35(46)26-10-4-5-11-27(26)36(41)47/h4-7,10-12,17,23-25,29,42H,2-3,8-9,13-16,18-20H2,1H3,(H,37,43)/t24-,25+,29+/m0/s1. The Kier molecular flexibility index (Phi) is 8.93. The number of carbonyl (C=O) groups excluding carboxylic acids is 5. The van der Waals surface area contributed by atoms with Crippen molar-refractivity contribution in [1.82, 2.24) is 25.2 Å². The number of carbonyl (C=O) groups is 5. The molecule has 7 rings (SSSR count). The maximum atomic E-state index is 14.6. The topological polar surface area (TPSA) is 163 Å². The van der Waals surface area contributed by atoms with E-state index in [9.17, 15) is 29.1 Å². The summed E-state index contributed by atoms with van der Waals surface area (Å²) < 4.78 is 11.2. The highest BCUT2D eigenvalue weighted by molar-refractivity contribution is 6.21. The first-order chi connectivity index (χ1) is 23.7. The lowest BCUT2D eigenvalue weighted by Gasteiger charge is -2.44. The average molecular weight is 670 g/mol. The number of imide groups is 1. The maximum Gasteiger partial charge on any atom is 0.273 e. The zero-order chi connectivity index (χ0) is 34.2. The van der Waals surface area contributed by atoms with Gasteiger partial charge in [-0.2, -0.15) is 0 Å². The Hall–Kier alpha value is -5.04. The van der Waals surface area contributed by atoms with Crippen LogP contribution in [-0.2, 0) is 16.0 Å². The van der Waals surface area contributed by atoms with Crippen molar-refractivity contribution in [2.75, 3.05) is 39.3 Å². The molecule has 256 valence electrons. The summed E-state index contributed by atoms with van der Waals surface area (Å²) in [5, 5.41) is 16.3. The molecule has 1 aliphatic carbocycles. The van der Waals surface area contributed by atoms with E-state index < -0.39 is 41.7 Å². The molecule has 4 heterocycles. The third-order valence-electron chi connectivity index (χ3n) is 10.1. The lowest BCUT2D eigenvalue weighted by atomic mass is 9.76. The number of hydrogen-bond acceptors (Lipinski definition) is 9. The lowest BCUT2D eigenvalue weighted by Crippen LogP contribution is -2.57. The first-order valence-electron chi connectivity index (χ1n) is 16.9. The Morgan fingerprint density at radius 1 is 0.980 bits per heavy atom. The smallest absolute Gasteiger partial charge is 0.273 e. The zero-order valence-corrected chi connectivity index (χ0v) is 27.3. The summed E-state index contributed by atoms with van der Waals surface area (Å²) >= 11 is 0. The van der Waals surface area contributed by atoms with E-state index in [0.29, 0.717) is 54.0 Å². The first-order valence-corrected chi connectivity index (χ1v) is 16.9. The molecular formula is C36H39N5O8. The van der Waals surface area contributed by atoms with E-state index in [0.717, 1.165) is 18.4 Å². The molecule has 0 bridgehead atoms. The Morgan fingerprint density at radius 2 is 1.67 bits per heavy atom. The molecule has 2 aromatic carbocycles. The van der Waals surface area contributed by atoms with Gasteiger partial charge in [-0.05, 0) is 49.9 Å². The van der Waals surface area contributed by atoms with Gasteiger partial charge in [0.1, 0.15) is 18.1 Å². The molecule has 0 unspecified atom stereocenters. The molecule has 49 heavy (non-hydrogen) atoms. The number of aliphatic hydroxyl groups is 1. The van der Waals surface area contributed by atoms with Gasteiger partial charge in [0, 0.05) is 43.1 Å². The summed E-state index contributed by atoms with van der Waals surface area (Å²) in [5.41, 5.74) is 2.42. The second-order valence-corrected chi connectivity index (χ2v) is 13.2. The molecule has 0 radical (unpaired) electrons. The van der Waals surface area contributed by atoms with E-state index >= 15 is 0 Å². The van der Waals surface area contributed by atoms with Gasteiger partial charge in [-0.3, -0.25) is 28.9 Å². The predicted octanol–water partition coefficient (Wildman–Crippen LogP) is 2.52. The largest absolute Gasteiger partial charge is 0.491 e. The Balaban J connectivity index is 1.17. The molecule has 0 spiro atoms. The highest BCUT2D eigenvalue weighted by atomic mass is 16.5. The molecule has 1 aromatic heterocycles. The van der Waals surface area contributed by atoms with Crippen molar-refractivity contribution in [1.29, 1.82) is 0 Å². The number of nitrogens with one attached hydrogen (secondary N) is 1. The van der Waals surface area contributed by atoms with Crippen LogP contribution in [0.1, 0.15) is 79.8 Å². The van der Waals surface area contributed by atoms with Crippen LogP contribution >= 0.6 is 0 Å². The minimum absolute atomic E-state index is 0.0860. The van der Waals surface area contributed by atoms with Gasteiger partial charge in [0.2, 0.25) is 11.8 Å². The molecule has 3 aliphatic heterocycles. The summed E-state index contributed by atoms with van der Waals surface area (Å²) in [4.78, 5) is 72.4. The number of amides is 5. The molecule has 1 saturated carbocycles. The van der Waals surface area contributed by atoms with Crippen LogP contribution in [0, 0.1) is 18.8 Å². The number of likely N-dealkylation sites (tertiary alicyclic amines) is 1. The van der Waals surface area contributed by atoms with Gasteiger partial charge in [0.15, 0.2) is 5.69 Å². The Labute approximate surface area is 283 Å². The fraction of sp³-hybridized carbons (Fsp3) is 0.444. The zero-order valence-electron chi connectivity index (χ0n) is 27.3. The van der Waals surface area contributed by atoms with Crippen molar-refractivity contribution in [2.45, 2.75) is 51.2 Å². The highest BCUT2D eigenvalue weighted by Crippen LogP contribution is 2.42. The van der Waals surface area contributed by atoms with Gasteiger partial charge in [-0.15, -0.1) is 0 Å². The minimum Gasteiger partial charge on any atom is -0.491 e. The van der Waals surface area contributed by atoms with E-state index in [-0.39, 0.29) is 50.3 Å². The number of aromatic nitrogens is 1. The molecule has 3 atom stereocenters. The predicted molar refractivity (Wildman–Crippen MR) is 174 cm³/mol. The number of fused-ring (bicyclic) bond motifs is 2. The number of aryl methyl sites for hydroxylation is 1. The monoisotopic (exact) mass is 669 g/mol. The van der Waals surface area contributed by atoms with Gasteiger partial charge >= 0.3 is 0 Å². The van der Waals surface area contributed by atoms with Crippen LogP contribution < -0.4 is 10.1 Å². The second kappa shape index (κ2) is 13.5. The quantitative estimate of drug-likeness (QED) is 0.258. The lowest BCUT2D eigenvalue weighted by molar-refractivity contribution is -0.155. The number of ether oxygens (including phenoxy) is 1. The molecule has 3 aromatic rings. The van der Waals surface area contributed by atoms with Crippen LogP contribution in [0.4, 0.5) is 0 Å². The van der Waals surface area contributed by atoms with E-state index in [1.807, 2.05) is 12.1 Å². The third-order valence-corrected chi connectivity index (χ3v) is 10.1. The van der Waals surface area contributed by atoms with Crippen molar-refractivity contribution in [3.05, 3.63) is 82.2 Å². The van der Waals surface area contributed by atoms with E-state index in [1.54, 1.807) is 47.1 Å². The first kappa shape index (κ1) is 32.5. The number of β-amino-alcohol motifs (C(OH)–C–C–N with tert-alkyl or cyclic N) is 1. The van der Waals surface area contributed by atoms with Gasteiger partial charge in [-0.1, -0.05) is 42.3 Å². The van der Waals surface area contributed by atoms with Crippen LogP contribution in [0.2, 0.25) is 0 Å². The Bertz CT molecular complexity index is 1760. The summed E-state index contributed by atoms with van der Waals surface area (Å²) in [6.45, 7) is 2.77. The molecule has 2 fully saturated rings. The minimum atomic E-state index is -0.731. The van der Waals surface area contributed by atoms with Gasteiger partial charge < -0.3 is 29.5 Å². The molecular weight excluding hydrogens is 630 g/mol. The molecule has 4 aliphatic rings. The Morgan fingerprint density at radius 3 is 2.33 bits per heavy atom. The molecule has 13 nitrogen and oxygen atoms in total. The molecule has 2 N–H and O–H groups in total. The summed E-state index contributed by atoms with van der Waals surface area (Å²) in [5.74, 6) is -1.61. The van der Waals surface area contributed by atoms with Crippen LogP contribution in [-0.4, -0.2) is 99.9 Å². The van der Waals surface area contributed by atoms with E-state index in [1.165, 1.54) is 11.0 Å². The summed E-state index contributed by atoms with van der Waals surface area (Å²) in [6.07, 6.45) is 2.76. The van der Waals surface area contributed by atoms with Gasteiger partial charge in [-0.25, -0.2) is 0 Å². The van der Waals surface area contributed by atoms with E-state index in [4.69, 9.17) is 9.26 Å². The van der Waals surface area contributed by atoms with Crippen molar-refractivity contribution in [2.24, 2.45) is 11.8 Å². The number of aliphatic hydroxyl groups excluding tert-OH is 1. The van der Waals surface area contributed by atoms with Crippen LogP contribution in [0.15, 0.2) is 53.1 Å². The van der Waals surface area contributed by atoms with Crippen LogP contribution in [0.25, 0.3) is 0 Å². The summed E-state index contributed by atoms with van der Waals surface area (Å²) in [7, 11) is 0. The summed E-state index contributed by atoms with van der Waals surface area (Å²) in [6, 6.07) is 13.1. The average Bonchev–Trinajstić information content (AvgIpc) is 3.65. The SMILES string of the molecule is Cc1cc(C(=O)NCCOc2cccc3c2[C@@H](CN2C(=O)c4ccccc4C2=O)N(C(=O)[C@@H]2CCCC[C@@H]2C(=O)N2CC(O)C2)CC3)no1. The van der Waals surface area contributed by atoms with Crippen LogP contribution in [0.3, 0.4) is 0 Å². The molecule has 13 heteroatoms. The number of rotatable bonds is 9. The normalized spacial score (nSPS) is 22.0. The van der Waals surface area contributed by atoms with Crippen molar-refractivity contribution in [3.8, 4) is 5.75 Å². The highest BCUT2D eigenvalue weighted by Gasteiger charge is 2.46. The fourth-order valence-electron chi connectivity index (χ4n) is 7.59. The van der Waals surface area contributed by atoms with Crippen molar-refractivity contribution >= 4 is 29.5 Å². The fourth-order valence-corrected chi connectivity index (χ4v) is 7.59. The van der Waals surface area contributed by atoms with Gasteiger partial charge in [0.25, 0.3) is 17.7 Å². The van der Waals surface area contributed by atoms with Crippen molar-refractivity contribution in [3.63, 3.8) is 0 Å². The maximum absolute atomic E-state index is 14.6. The van der Waals surface area contributed by atoms with Gasteiger partial charge in [0.05, 0.1) is 36.4 Å². The van der Waals surface area contributed by atoms with Crippen molar-refractivity contribution < 1.29 is 38.3 Å². The molecule has 5 amide bonds. The third kappa shape index (κ3) is 6.18. The molecule has 1 saturated heterocycles. The second-order valence-electron chi connectivity index (χ2n) is 13.2. The van der Waals surface area contributed by atoms with Crippen LogP contribution in [0.5, 0.6) is 5.75 Å². The number of hydrogen-bond donors (Lipinski definition) is 2.